The normalized spacial score (nSPS) is 15.6. The molecule has 0 saturated heterocycles. The topological polar surface area (TPSA) is 85.2 Å². The number of aromatic nitrogens is 2. The van der Waals surface area contributed by atoms with Crippen LogP contribution in [0.5, 0.6) is 0 Å². The molecule has 3 rings (SSSR count). The van der Waals surface area contributed by atoms with Crippen LogP contribution in [-0.2, 0) is 17.7 Å². The number of fused-ring (bicyclic) bond motifs is 1. The average Bonchev–Trinajstić information content (AvgIpc) is 3.12. The predicted molar refractivity (Wildman–Crippen MR) is 97.3 cm³/mol. The van der Waals surface area contributed by atoms with Crippen LogP contribution >= 0.6 is 0 Å². The van der Waals surface area contributed by atoms with E-state index < -0.39 is 0 Å². The molecule has 2 amide bonds. The molecule has 0 fully saturated rings. The van der Waals surface area contributed by atoms with E-state index in [1.165, 1.54) is 0 Å². The van der Waals surface area contributed by atoms with Crippen molar-refractivity contribution in [2.75, 3.05) is 20.3 Å². The zero-order valence-corrected chi connectivity index (χ0v) is 15.3. The first-order valence-electron chi connectivity index (χ1n) is 8.69. The Kier molecular flexibility index (Phi) is 5.37. The van der Waals surface area contributed by atoms with Crippen LogP contribution < -0.4 is 10.6 Å². The lowest BCUT2D eigenvalue weighted by Gasteiger charge is -2.12. The highest BCUT2D eigenvalue weighted by Gasteiger charge is 2.26. The minimum atomic E-state index is -0.209. The summed E-state index contributed by atoms with van der Waals surface area (Å²) in [5.74, 6) is -0.287. The molecule has 26 heavy (non-hydrogen) atoms. The van der Waals surface area contributed by atoms with Crippen molar-refractivity contribution in [1.82, 2.24) is 20.4 Å². The minimum absolute atomic E-state index is 0.0172. The number of amides is 2. The predicted octanol–water partition coefficient (Wildman–Crippen LogP) is 1.23. The van der Waals surface area contributed by atoms with Crippen LogP contribution in [0, 0.1) is 13.8 Å². The van der Waals surface area contributed by atoms with Gasteiger partial charge in [-0.15, -0.1) is 0 Å². The molecule has 0 unspecified atom stereocenters. The van der Waals surface area contributed by atoms with Crippen LogP contribution in [0.15, 0.2) is 24.3 Å². The highest BCUT2D eigenvalue weighted by Crippen LogP contribution is 2.17. The number of benzene rings is 1. The molecule has 0 aliphatic carbocycles. The van der Waals surface area contributed by atoms with Crippen LogP contribution in [0.4, 0.5) is 0 Å². The fourth-order valence-electron chi connectivity index (χ4n) is 3.24. The molecule has 2 aromatic rings. The van der Waals surface area contributed by atoms with Crippen LogP contribution in [0.2, 0.25) is 0 Å². The van der Waals surface area contributed by atoms with Crippen molar-refractivity contribution in [1.29, 1.82) is 0 Å². The van der Waals surface area contributed by atoms with E-state index in [1.807, 2.05) is 32.0 Å². The van der Waals surface area contributed by atoms with Gasteiger partial charge in [-0.2, -0.15) is 5.10 Å². The number of aryl methyl sites for hydroxylation is 2. The van der Waals surface area contributed by atoms with Crippen molar-refractivity contribution in [3.8, 4) is 0 Å². The van der Waals surface area contributed by atoms with Gasteiger partial charge in [0.1, 0.15) is 5.69 Å². The molecule has 0 bridgehead atoms. The van der Waals surface area contributed by atoms with Gasteiger partial charge in [0.15, 0.2) is 0 Å². The van der Waals surface area contributed by atoms with Gasteiger partial charge in [0, 0.05) is 31.3 Å². The molecule has 2 N–H and O–H groups in total. The smallest absolute Gasteiger partial charge is 0.271 e. The molecule has 7 nitrogen and oxygen atoms in total. The Hall–Kier alpha value is -2.67. The molecule has 138 valence electrons. The number of ether oxygens (including phenoxy) is 1. The van der Waals surface area contributed by atoms with Crippen molar-refractivity contribution in [2.24, 2.45) is 0 Å². The van der Waals surface area contributed by atoms with Crippen LogP contribution in [-0.4, -0.2) is 47.9 Å². The molecular weight excluding hydrogens is 332 g/mol. The SMILES string of the molecule is COCCNC(=O)c1cc2n(n1)C[C@@H](NC(=O)c1cc(C)cc(C)c1)C2. The summed E-state index contributed by atoms with van der Waals surface area (Å²) in [6.07, 6.45) is 0.662. The number of carbonyl (C=O) groups excluding carboxylic acids is 2. The summed E-state index contributed by atoms with van der Waals surface area (Å²) < 4.78 is 6.70. The second-order valence-electron chi connectivity index (χ2n) is 6.70. The molecular formula is C19H24N4O3. The van der Waals surface area contributed by atoms with Gasteiger partial charge in [0.2, 0.25) is 0 Å². The van der Waals surface area contributed by atoms with E-state index in [4.69, 9.17) is 4.74 Å². The quantitative estimate of drug-likeness (QED) is 0.763. The van der Waals surface area contributed by atoms with Gasteiger partial charge in [0.25, 0.3) is 11.8 Å². The van der Waals surface area contributed by atoms with Crippen molar-refractivity contribution >= 4 is 11.8 Å². The maximum absolute atomic E-state index is 12.5. The van der Waals surface area contributed by atoms with E-state index in [2.05, 4.69) is 15.7 Å². The lowest BCUT2D eigenvalue weighted by atomic mass is 10.1. The largest absolute Gasteiger partial charge is 0.383 e. The zero-order valence-electron chi connectivity index (χ0n) is 15.3. The maximum Gasteiger partial charge on any atom is 0.271 e. The molecule has 2 heterocycles. The van der Waals surface area contributed by atoms with Crippen molar-refractivity contribution in [2.45, 2.75) is 32.9 Å². The van der Waals surface area contributed by atoms with Crippen LogP contribution in [0.1, 0.15) is 37.7 Å². The highest BCUT2D eigenvalue weighted by molar-refractivity contribution is 5.95. The van der Waals surface area contributed by atoms with E-state index in [0.717, 1.165) is 16.8 Å². The van der Waals surface area contributed by atoms with E-state index in [9.17, 15) is 9.59 Å². The molecule has 0 saturated carbocycles. The maximum atomic E-state index is 12.5. The van der Waals surface area contributed by atoms with Gasteiger partial charge < -0.3 is 15.4 Å². The number of carbonyl (C=O) groups is 2. The van der Waals surface area contributed by atoms with Gasteiger partial charge in [-0.3, -0.25) is 14.3 Å². The molecule has 7 heteroatoms. The third-order valence-corrected chi connectivity index (χ3v) is 4.36. The number of hydrogen-bond acceptors (Lipinski definition) is 4. The highest BCUT2D eigenvalue weighted by atomic mass is 16.5. The van der Waals surface area contributed by atoms with E-state index in [-0.39, 0.29) is 17.9 Å². The first-order chi connectivity index (χ1) is 12.5. The fourth-order valence-corrected chi connectivity index (χ4v) is 3.24. The second kappa shape index (κ2) is 7.70. The summed E-state index contributed by atoms with van der Waals surface area (Å²) in [6.45, 7) is 5.44. The summed E-state index contributed by atoms with van der Waals surface area (Å²) >= 11 is 0. The van der Waals surface area contributed by atoms with Gasteiger partial charge in [-0.25, -0.2) is 0 Å². The average molecular weight is 356 g/mol. The Morgan fingerprint density at radius 3 is 2.58 bits per heavy atom. The first-order valence-corrected chi connectivity index (χ1v) is 8.69. The number of methoxy groups -OCH3 is 1. The van der Waals surface area contributed by atoms with Gasteiger partial charge in [-0.05, 0) is 32.0 Å². The lowest BCUT2D eigenvalue weighted by Crippen LogP contribution is -2.36. The Morgan fingerprint density at radius 2 is 1.92 bits per heavy atom. The number of rotatable bonds is 6. The molecule has 1 aliphatic heterocycles. The summed E-state index contributed by atoms with van der Waals surface area (Å²) in [5.41, 5.74) is 4.16. The Labute approximate surface area is 152 Å². The number of hydrogen-bond donors (Lipinski definition) is 2. The zero-order chi connectivity index (χ0) is 18.7. The lowest BCUT2D eigenvalue weighted by molar-refractivity contribution is 0.0921. The summed E-state index contributed by atoms with van der Waals surface area (Å²) in [5, 5.41) is 10.2. The molecule has 0 radical (unpaired) electrons. The van der Waals surface area contributed by atoms with Crippen molar-refractivity contribution < 1.29 is 14.3 Å². The van der Waals surface area contributed by atoms with Gasteiger partial charge in [0.05, 0.1) is 19.2 Å². The summed E-state index contributed by atoms with van der Waals surface area (Å²) in [7, 11) is 1.59. The number of nitrogens with one attached hydrogen (secondary N) is 2. The van der Waals surface area contributed by atoms with Gasteiger partial charge in [-0.1, -0.05) is 17.2 Å². The van der Waals surface area contributed by atoms with E-state index in [1.54, 1.807) is 17.9 Å². The third kappa shape index (κ3) is 4.11. The van der Waals surface area contributed by atoms with Crippen molar-refractivity contribution in [3.63, 3.8) is 0 Å². The molecule has 1 aromatic heterocycles. The number of nitrogens with zero attached hydrogens (tertiary/aromatic N) is 2. The summed E-state index contributed by atoms with van der Waals surface area (Å²) in [4.78, 5) is 24.5. The van der Waals surface area contributed by atoms with Crippen molar-refractivity contribution in [3.05, 3.63) is 52.3 Å². The molecule has 1 aliphatic rings. The third-order valence-electron chi connectivity index (χ3n) is 4.36. The van der Waals surface area contributed by atoms with Gasteiger partial charge >= 0.3 is 0 Å². The Morgan fingerprint density at radius 1 is 1.19 bits per heavy atom. The molecule has 0 spiro atoms. The Bertz CT molecular complexity index is 784. The standard InChI is InChI=1S/C19H24N4O3/c1-12-6-13(2)8-14(7-12)18(24)21-15-9-16-10-17(22-23(16)11-15)19(25)20-4-5-26-3/h6-8,10,15H,4-5,9,11H2,1-3H3,(H,20,25)(H,21,24)/t15-/m0/s1. The summed E-state index contributed by atoms with van der Waals surface area (Å²) in [6, 6.07) is 7.58. The first kappa shape index (κ1) is 18.1. The van der Waals surface area contributed by atoms with E-state index in [0.29, 0.717) is 37.4 Å². The monoisotopic (exact) mass is 356 g/mol. The minimum Gasteiger partial charge on any atom is -0.383 e. The second-order valence-corrected chi connectivity index (χ2v) is 6.70. The van der Waals surface area contributed by atoms with E-state index >= 15 is 0 Å². The van der Waals surface area contributed by atoms with Crippen LogP contribution in [0.3, 0.4) is 0 Å². The molecule has 1 atom stereocenters. The fraction of sp³-hybridized carbons (Fsp3) is 0.421. The van der Waals surface area contributed by atoms with Crippen LogP contribution in [0.25, 0.3) is 0 Å². The Balaban J connectivity index is 1.58. The molecule has 1 aromatic carbocycles.